The van der Waals surface area contributed by atoms with Gasteiger partial charge in [0.1, 0.15) is 0 Å². The summed E-state index contributed by atoms with van der Waals surface area (Å²) in [6.45, 7) is 4.69. The lowest BCUT2D eigenvalue weighted by Gasteiger charge is -2.38. The SMILES string of the molecule is CN1CCN([C@H](CNC(=O)c2ccc(Cl)cc2)c2ccc3c(c2)OCO3)CC1. The minimum absolute atomic E-state index is 0.0689. The molecule has 28 heavy (non-hydrogen) atoms. The number of amides is 1. The van der Waals surface area contributed by atoms with Gasteiger partial charge in [-0.05, 0) is 49.0 Å². The van der Waals surface area contributed by atoms with Crippen molar-refractivity contribution in [3.8, 4) is 11.5 Å². The molecule has 0 unspecified atom stereocenters. The number of nitrogens with zero attached hydrogens (tertiary/aromatic N) is 2. The van der Waals surface area contributed by atoms with E-state index in [9.17, 15) is 4.79 Å². The first-order valence-electron chi connectivity index (χ1n) is 9.46. The Balaban J connectivity index is 1.51. The summed E-state index contributed by atoms with van der Waals surface area (Å²) in [5.41, 5.74) is 1.72. The van der Waals surface area contributed by atoms with E-state index >= 15 is 0 Å². The number of benzene rings is 2. The molecule has 2 aliphatic heterocycles. The van der Waals surface area contributed by atoms with Gasteiger partial charge in [0.15, 0.2) is 11.5 Å². The Kier molecular flexibility index (Phi) is 5.71. The van der Waals surface area contributed by atoms with Crippen molar-refractivity contribution in [1.29, 1.82) is 0 Å². The predicted octanol–water partition coefficient (Wildman–Crippen LogP) is 2.79. The second kappa shape index (κ2) is 8.39. The number of fused-ring (bicyclic) bond motifs is 1. The zero-order valence-electron chi connectivity index (χ0n) is 15.9. The van der Waals surface area contributed by atoms with E-state index in [1.807, 2.05) is 12.1 Å². The molecule has 0 saturated carbocycles. The van der Waals surface area contributed by atoms with Gasteiger partial charge in [0.2, 0.25) is 6.79 Å². The Bertz CT molecular complexity index is 835. The molecule has 1 atom stereocenters. The molecule has 4 rings (SSSR count). The van der Waals surface area contributed by atoms with Crippen molar-refractivity contribution in [3.63, 3.8) is 0 Å². The summed E-state index contributed by atoms with van der Waals surface area (Å²) in [4.78, 5) is 17.3. The molecule has 0 radical (unpaired) electrons. The van der Waals surface area contributed by atoms with Gasteiger partial charge in [-0.15, -0.1) is 0 Å². The van der Waals surface area contributed by atoms with Crippen molar-refractivity contribution in [2.45, 2.75) is 6.04 Å². The van der Waals surface area contributed by atoms with Crippen molar-refractivity contribution in [2.75, 3.05) is 46.6 Å². The Labute approximate surface area is 170 Å². The number of ether oxygens (including phenoxy) is 2. The second-order valence-corrected chi connectivity index (χ2v) is 7.62. The standard InChI is InChI=1S/C21H24ClN3O3/c1-24-8-10-25(11-9-24)18(16-4-7-19-20(12-16)28-14-27-19)13-23-21(26)15-2-5-17(22)6-3-15/h2-7,12,18H,8-11,13-14H2,1H3,(H,23,26)/t18-/m1/s1. The van der Waals surface area contributed by atoms with Crippen LogP contribution < -0.4 is 14.8 Å². The van der Waals surface area contributed by atoms with Crippen LogP contribution in [0.5, 0.6) is 11.5 Å². The van der Waals surface area contributed by atoms with Gasteiger partial charge in [-0.3, -0.25) is 9.69 Å². The van der Waals surface area contributed by atoms with Gasteiger partial charge in [0.25, 0.3) is 5.91 Å². The van der Waals surface area contributed by atoms with Crippen LogP contribution in [0.3, 0.4) is 0 Å². The number of carbonyl (C=O) groups is 1. The fraction of sp³-hybridized carbons (Fsp3) is 0.381. The van der Waals surface area contributed by atoms with E-state index in [2.05, 4.69) is 28.2 Å². The predicted molar refractivity (Wildman–Crippen MR) is 108 cm³/mol. The third-order valence-electron chi connectivity index (χ3n) is 5.32. The summed E-state index contributed by atoms with van der Waals surface area (Å²) in [6, 6.07) is 13.0. The Morgan fingerprint density at radius 1 is 1.07 bits per heavy atom. The van der Waals surface area contributed by atoms with E-state index in [0.717, 1.165) is 43.2 Å². The number of carbonyl (C=O) groups excluding carboxylic acids is 1. The second-order valence-electron chi connectivity index (χ2n) is 7.18. The normalized spacial score (nSPS) is 18.1. The summed E-state index contributed by atoms with van der Waals surface area (Å²) in [7, 11) is 2.13. The van der Waals surface area contributed by atoms with E-state index in [1.165, 1.54) is 0 Å². The fourth-order valence-corrected chi connectivity index (χ4v) is 3.73. The molecule has 6 nitrogen and oxygen atoms in total. The first-order chi connectivity index (χ1) is 13.6. The molecular formula is C21H24ClN3O3. The monoisotopic (exact) mass is 401 g/mol. The van der Waals surface area contributed by atoms with Crippen LogP contribution in [0.2, 0.25) is 5.02 Å². The highest BCUT2D eigenvalue weighted by Crippen LogP contribution is 2.35. The smallest absolute Gasteiger partial charge is 0.251 e. The van der Waals surface area contributed by atoms with Gasteiger partial charge in [-0.25, -0.2) is 0 Å². The number of rotatable bonds is 5. The van der Waals surface area contributed by atoms with E-state index in [1.54, 1.807) is 24.3 Å². The molecule has 1 fully saturated rings. The van der Waals surface area contributed by atoms with E-state index in [-0.39, 0.29) is 18.7 Å². The number of halogens is 1. The third-order valence-corrected chi connectivity index (χ3v) is 5.57. The van der Waals surface area contributed by atoms with Gasteiger partial charge >= 0.3 is 0 Å². The van der Waals surface area contributed by atoms with Gasteiger partial charge in [-0.1, -0.05) is 17.7 Å². The largest absolute Gasteiger partial charge is 0.454 e. The van der Waals surface area contributed by atoms with E-state index in [4.69, 9.17) is 21.1 Å². The molecular weight excluding hydrogens is 378 g/mol. The van der Waals surface area contributed by atoms with Gasteiger partial charge in [0, 0.05) is 43.3 Å². The number of nitrogens with one attached hydrogen (secondary N) is 1. The molecule has 1 amide bonds. The van der Waals surface area contributed by atoms with Crippen LogP contribution in [0, 0.1) is 0 Å². The van der Waals surface area contributed by atoms with Crippen molar-refractivity contribution in [1.82, 2.24) is 15.1 Å². The summed E-state index contributed by atoms with van der Waals surface area (Å²) < 4.78 is 11.0. The maximum atomic E-state index is 12.6. The third kappa shape index (κ3) is 4.24. The first kappa shape index (κ1) is 19.1. The van der Waals surface area contributed by atoms with Crippen molar-refractivity contribution in [3.05, 3.63) is 58.6 Å². The van der Waals surface area contributed by atoms with Crippen LogP contribution in [-0.2, 0) is 0 Å². The summed E-state index contributed by atoms with van der Waals surface area (Å²) in [5.74, 6) is 1.43. The lowest BCUT2D eigenvalue weighted by molar-refractivity contribution is 0.0886. The highest BCUT2D eigenvalue weighted by molar-refractivity contribution is 6.30. The molecule has 0 aromatic heterocycles. The lowest BCUT2D eigenvalue weighted by Crippen LogP contribution is -2.48. The minimum atomic E-state index is -0.100. The van der Waals surface area contributed by atoms with Crippen LogP contribution in [0.4, 0.5) is 0 Å². The molecule has 1 saturated heterocycles. The van der Waals surface area contributed by atoms with Crippen LogP contribution in [0.15, 0.2) is 42.5 Å². The minimum Gasteiger partial charge on any atom is -0.454 e. The van der Waals surface area contributed by atoms with Gasteiger partial charge < -0.3 is 19.7 Å². The maximum absolute atomic E-state index is 12.6. The molecule has 1 N–H and O–H groups in total. The topological polar surface area (TPSA) is 54.0 Å². The number of hydrogen-bond donors (Lipinski definition) is 1. The lowest BCUT2D eigenvalue weighted by atomic mass is 10.0. The van der Waals surface area contributed by atoms with E-state index < -0.39 is 0 Å². The molecule has 2 aliphatic rings. The van der Waals surface area contributed by atoms with Crippen LogP contribution in [0.25, 0.3) is 0 Å². The highest BCUT2D eigenvalue weighted by Gasteiger charge is 2.26. The molecule has 148 valence electrons. The van der Waals surface area contributed by atoms with Gasteiger partial charge in [0.05, 0.1) is 6.04 Å². The average molecular weight is 402 g/mol. The van der Waals surface area contributed by atoms with Crippen LogP contribution in [0.1, 0.15) is 22.0 Å². The van der Waals surface area contributed by atoms with Crippen molar-refractivity contribution >= 4 is 17.5 Å². The molecule has 0 bridgehead atoms. The number of piperazine rings is 1. The van der Waals surface area contributed by atoms with Crippen molar-refractivity contribution in [2.24, 2.45) is 0 Å². The Morgan fingerprint density at radius 3 is 2.54 bits per heavy atom. The molecule has 7 heteroatoms. The Hall–Kier alpha value is -2.28. The van der Waals surface area contributed by atoms with E-state index in [0.29, 0.717) is 17.1 Å². The summed E-state index contributed by atoms with van der Waals surface area (Å²) in [5, 5.41) is 3.70. The zero-order valence-corrected chi connectivity index (χ0v) is 16.6. The first-order valence-corrected chi connectivity index (χ1v) is 9.84. The maximum Gasteiger partial charge on any atom is 0.251 e. The van der Waals surface area contributed by atoms with Crippen LogP contribution >= 0.6 is 11.6 Å². The number of likely N-dealkylation sites (N-methyl/N-ethyl adjacent to an activating group) is 1. The average Bonchev–Trinajstić information content (AvgIpc) is 3.18. The summed E-state index contributed by atoms with van der Waals surface area (Å²) >= 11 is 5.92. The Morgan fingerprint density at radius 2 is 1.79 bits per heavy atom. The quantitative estimate of drug-likeness (QED) is 0.835. The summed E-state index contributed by atoms with van der Waals surface area (Å²) in [6.07, 6.45) is 0. The molecule has 0 aliphatic carbocycles. The van der Waals surface area contributed by atoms with Gasteiger partial charge in [-0.2, -0.15) is 0 Å². The molecule has 0 spiro atoms. The molecule has 2 heterocycles. The molecule has 2 aromatic rings. The zero-order chi connectivity index (χ0) is 19.5. The van der Waals surface area contributed by atoms with Crippen LogP contribution in [-0.4, -0.2) is 62.3 Å². The number of hydrogen-bond acceptors (Lipinski definition) is 5. The fourth-order valence-electron chi connectivity index (χ4n) is 3.60. The highest BCUT2D eigenvalue weighted by atomic mass is 35.5. The molecule has 2 aromatic carbocycles. The van der Waals surface area contributed by atoms with Crippen molar-refractivity contribution < 1.29 is 14.3 Å².